The highest BCUT2D eigenvalue weighted by Crippen LogP contribution is 2.14. The Balaban J connectivity index is 2.59. The van der Waals surface area contributed by atoms with Crippen LogP contribution in [0.1, 0.15) is 18.9 Å². The number of aryl methyl sites for hydroxylation is 1. The van der Waals surface area contributed by atoms with Gasteiger partial charge in [0.2, 0.25) is 0 Å². The van der Waals surface area contributed by atoms with Crippen molar-refractivity contribution in [1.82, 2.24) is 5.32 Å². The first-order valence-corrected chi connectivity index (χ1v) is 5.89. The van der Waals surface area contributed by atoms with Crippen LogP contribution in [0.25, 0.3) is 0 Å². The Morgan fingerprint density at radius 3 is 2.39 bits per heavy atom. The number of likely N-dealkylation sites (N-methyl/N-ethyl adjacent to an activating group) is 1. The van der Waals surface area contributed by atoms with Gasteiger partial charge in [-0.25, -0.2) is 4.99 Å². The van der Waals surface area contributed by atoms with E-state index in [-0.39, 0.29) is 17.8 Å². The molecule has 5 N–H and O–H groups in total. The minimum atomic E-state index is -0.0811. The molecule has 0 saturated carbocycles. The molecule has 0 aliphatic rings. The van der Waals surface area contributed by atoms with Crippen LogP contribution < -0.4 is 16.8 Å². The highest BCUT2D eigenvalue weighted by molar-refractivity contribution is 5.81. The van der Waals surface area contributed by atoms with E-state index in [9.17, 15) is 4.79 Å². The molecule has 0 bridgehead atoms. The Labute approximate surface area is 107 Å². The number of aliphatic imine (C=N–C) groups is 1. The molecule has 0 radical (unpaired) electrons. The quantitative estimate of drug-likeness (QED) is 0.510. The first-order valence-electron chi connectivity index (χ1n) is 5.89. The molecule has 1 atom stereocenters. The molecule has 1 aromatic carbocycles. The molecule has 98 valence electrons. The van der Waals surface area contributed by atoms with E-state index < -0.39 is 0 Å². The van der Waals surface area contributed by atoms with Gasteiger partial charge >= 0.3 is 0 Å². The Morgan fingerprint density at radius 2 is 1.94 bits per heavy atom. The Kier molecular flexibility index (Phi) is 5.32. The van der Waals surface area contributed by atoms with E-state index in [1.165, 1.54) is 0 Å². The maximum atomic E-state index is 11.3. The second-order valence-corrected chi connectivity index (χ2v) is 4.19. The van der Waals surface area contributed by atoms with Crippen LogP contribution in [0.4, 0.5) is 5.69 Å². The summed E-state index contributed by atoms with van der Waals surface area (Å²) in [5.74, 6) is 0.212. The van der Waals surface area contributed by atoms with Crippen LogP contribution in [0.15, 0.2) is 29.3 Å². The Morgan fingerprint density at radius 1 is 1.33 bits per heavy atom. The smallest absolute Gasteiger partial charge is 0.191 e. The number of nitrogens with two attached hydrogens (primary N) is 2. The lowest BCUT2D eigenvalue weighted by atomic mass is 10.0. The summed E-state index contributed by atoms with van der Waals surface area (Å²) in [6.07, 6.45) is 1.63. The summed E-state index contributed by atoms with van der Waals surface area (Å²) in [7, 11) is 1.80. The van der Waals surface area contributed by atoms with Gasteiger partial charge < -0.3 is 16.8 Å². The average molecular weight is 248 g/mol. The van der Waals surface area contributed by atoms with E-state index in [4.69, 9.17) is 11.5 Å². The molecule has 5 heteroatoms. The second-order valence-electron chi connectivity index (χ2n) is 4.19. The Hall–Kier alpha value is -1.88. The predicted molar refractivity (Wildman–Crippen MR) is 73.8 cm³/mol. The number of guanidine groups is 1. The van der Waals surface area contributed by atoms with Gasteiger partial charge in [0.1, 0.15) is 5.78 Å². The molecule has 0 aliphatic heterocycles. The van der Waals surface area contributed by atoms with Crippen LogP contribution in [0.3, 0.4) is 0 Å². The lowest BCUT2D eigenvalue weighted by Gasteiger charge is -2.12. The van der Waals surface area contributed by atoms with Gasteiger partial charge in [-0.15, -0.1) is 0 Å². The number of Topliss-reactive ketones (excluding diaryl/α,β-unsaturated/α-hetero) is 1. The largest absolute Gasteiger partial charge is 0.370 e. The highest BCUT2D eigenvalue weighted by atomic mass is 16.1. The summed E-state index contributed by atoms with van der Waals surface area (Å²) in [5.41, 5.74) is 12.5. The molecule has 0 heterocycles. The molecular weight excluding hydrogens is 228 g/mol. The van der Waals surface area contributed by atoms with Crippen LogP contribution in [0.5, 0.6) is 0 Å². The van der Waals surface area contributed by atoms with E-state index in [1.807, 2.05) is 24.3 Å². The van der Waals surface area contributed by atoms with Crippen molar-refractivity contribution in [2.75, 3.05) is 7.05 Å². The van der Waals surface area contributed by atoms with Crippen LogP contribution >= 0.6 is 0 Å². The van der Waals surface area contributed by atoms with Crippen molar-refractivity contribution in [3.05, 3.63) is 29.8 Å². The molecule has 0 aromatic heterocycles. The molecule has 0 spiro atoms. The molecular formula is C13H20N4O. The highest BCUT2D eigenvalue weighted by Gasteiger charge is 2.10. The van der Waals surface area contributed by atoms with Gasteiger partial charge in [0.15, 0.2) is 5.96 Å². The van der Waals surface area contributed by atoms with E-state index in [0.29, 0.717) is 0 Å². The minimum Gasteiger partial charge on any atom is -0.370 e. The van der Waals surface area contributed by atoms with E-state index in [1.54, 1.807) is 14.0 Å². The fourth-order valence-electron chi connectivity index (χ4n) is 1.75. The third kappa shape index (κ3) is 4.55. The van der Waals surface area contributed by atoms with Gasteiger partial charge in [0.25, 0.3) is 0 Å². The third-order valence-electron chi connectivity index (χ3n) is 2.76. The number of hydrogen-bond donors (Lipinski definition) is 3. The summed E-state index contributed by atoms with van der Waals surface area (Å²) in [4.78, 5) is 15.2. The van der Waals surface area contributed by atoms with Gasteiger partial charge in [0, 0.05) is 0 Å². The molecule has 0 fully saturated rings. The molecule has 1 aromatic rings. The molecule has 18 heavy (non-hydrogen) atoms. The number of benzene rings is 1. The van der Waals surface area contributed by atoms with Gasteiger partial charge in [0.05, 0.1) is 11.7 Å². The number of carbonyl (C=O) groups excluding carboxylic acids is 1. The predicted octanol–water partition coefficient (Wildman–Crippen LogP) is 0.701. The summed E-state index contributed by atoms with van der Waals surface area (Å²) in [6, 6.07) is 7.57. The number of carbonyl (C=O) groups is 1. The molecule has 5 nitrogen and oxygen atoms in total. The number of rotatable bonds is 6. The summed E-state index contributed by atoms with van der Waals surface area (Å²) < 4.78 is 0. The van der Waals surface area contributed by atoms with Crippen molar-refractivity contribution in [2.45, 2.75) is 25.8 Å². The zero-order chi connectivity index (χ0) is 13.5. The number of hydrogen-bond acceptors (Lipinski definition) is 3. The first kappa shape index (κ1) is 14.2. The summed E-state index contributed by atoms with van der Waals surface area (Å²) in [6.45, 7) is 1.60. The summed E-state index contributed by atoms with van der Waals surface area (Å²) in [5, 5.41) is 3.00. The summed E-state index contributed by atoms with van der Waals surface area (Å²) >= 11 is 0. The SMILES string of the molecule is CN[C@@H](CCc1ccc(N=C(N)N)cc1)C(C)=O. The van der Waals surface area contributed by atoms with Gasteiger partial charge in [-0.05, 0) is 44.5 Å². The molecule has 0 amide bonds. The lowest BCUT2D eigenvalue weighted by molar-refractivity contribution is -0.119. The van der Waals surface area contributed by atoms with Gasteiger partial charge in [-0.2, -0.15) is 0 Å². The standard InChI is InChI=1S/C13H20N4O/c1-9(18)12(16-2)8-5-10-3-6-11(7-4-10)17-13(14)15/h3-4,6-7,12,16H,5,8H2,1-2H3,(H4,14,15,17)/t12-/m0/s1. The normalized spacial score (nSPS) is 11.9. The molecule has 1 rings (SSSR count). The second kappa shape index (κ2) is 6.76. The van der Waals surface area contributed by atoms with Crippen LogP contribution in [-0.4, -0.2) is 24.8 Å². The van der Waals surface area contributed by atoms with Crippen LogP contribution in [-0.2, 0) is 11.2 Å². The van der Waals surface area contributed by atoms with Crippen molar-refractivity contribution < 1.29 is 4.79 Å². The van der Waals surface area contributed by atoms with E-state index >= 15 is 0 Å². The Bertz CT molecular complexity index is 421. The zero-order valence-corrected chi connectivity index (χ0v) is 10.8. The molecule has 0 unspecified atom stereocenters. The third-order valence-corrected chi connectivity index (χ3v) is 2.76. The van der Waals surface area contributed by atoms with Crippen molar-refractivity contribution in [3.8, 4) is 0 Å². The van der Waals surface area contributed by atoms with Crippen molar-refractivity contribution in [3.63, 3.8) is 0 Å². The topological polar surface area (TPSA) is 93.5 Å². The number of nitrogens with zero attached hydrogens (tertiary/aromatic N) is 1. The minimum absolute atomic E-state index is 0.0505. The monoisotopic (exact) mass is 248 g/mol. The van der Waals surface area contributed by atoms with Gasteiger partial charge in [-0.3, -0.25) is 4.79 Å². The first-order chi connectivity index (χ1) is 8.52. The number of nitrogens with one attached hydrogen (secondary N) is 1. The van der Waals surface area contributed by atoms with Crippen molar-refractivity contribution in [2.24, 2.45) is 16.5 Å². The number of ketones is 1. The van der Waals surface area contributed by atoms with Gasteiger partial charge in [-0.1, -0.05) is 12.1 Å². The van der Waals surface area contributed by atoms with E-state index in [0.717, 1.165) is 24.1 Å². The maximum Gasteiger partial charge on any atom is 0.191 e. The lowest BCUT2D eigenvalue weighted by Crippen LogP contribution is -2.32. The van der Waals surface area contributed by atoms with Crippen molar-refractivity contribution >= 4 is 17.4 Å². The average Bonchev–Trinajstić information content (AvgIpc) is 2.31. The van der Waals surface area contributed by atoms with Crippen LogP contribution in [0.2, 0.25) is 0 Å². The fourth-order valence-corrected chi connectivity index (χ4v) is 1.75. The van der Waals surface area contributed by atoms with Crippen LogP contribution in [0, 0.1) is 0 Å². The van der Waals surface area contributed by atoms with E-state index in [2.05, 4.69) is 10.3 Å². The van der Waals surface area contributed by atoms with Crippen molar-refractivity contribution in [1.29, 1.82) is 0 Å². The molecule has 0 aliphatic carbocycles. The zero-order valence-electron chi connectivity index (χ0n) is 10.8. The molecule has 0 saturated heterocycles. The fraction of sp³-hybridized carbons (Fsp3) is 0.385. The maximum absolute atomic E-state index is 11.3.